The highest BCUT2D eigenvalue weighted by Crippen LogP contribution is 2.26. The van der Waals surface area contributed by atoms with E-state index in [0.717, 1.165) is 4.90 Å². The van der Waals surface area contributed by atoms with Crippen molar-refractivity contribution in [2.75, 3.05) is 45.8 Å². The maximum Gasteiger partial charge on any atom is 0.319 e. The highest BCUT2D eigenvalue weighted by Gasteiger charge is 2.37. The van der Waals surface area contributed by atoms with Crippen molar-refractivity contribution in [1.82, 2.24) is 10.2 Å². The maximum atomic E-state index is 12.6. The molecule has 0 aliphatic carbocycles. The summed E-state index contributed by atoms with van der Waals surface area (Å²) in [6.07, 6.45) is 0.575. The number of likely N-dealkylation sites (tertiary alicyclic amines) is 1. The first-order valence-corrected chi connectivity index (χ1v) is 11.8. The number of anilines is 1. The number of hydrogen-bond acceptors (Lipinski definition) is 6. The topological polar surface area (TPSA) is 106 Å². The molecule has 2 amide bonds. The lowest BCUT2D eigenvalue weighted by Gasteiger charge is -2.39. The average Bonchev–Trinajstić information content (AvgIpc) is 2.77. The molecule has 3 rings (SSSR count). The molecule has 174 valence electrons. The number of hydrogen-bond donors (Lipinski definition) is 3. The minimum Gasteiger partial charge on any atom is -0.611 e. The van der Waals surface area contributed by atoms with Crippen molar-refractivity contribution in [2.24, 2.45) is 0 Å². The van der Waals surface area contributed by atoms with Gasteiger partial charge in [0.15, 0.2) is 4.90 Å². The van der Waals surface area contributed by atoms with Crippen LogP contribution in [0, 0.1) is 0 Å². The molecule has 1 fully saturated rings. The molecule has 1 aliphatic heterocycles. The van der Waals surface area contributed by atoms with E-state index < -0.39 is 23.2 Å². The molecule has 2 atom stereocenters. The molecule has 10 heteroatoms. The molecule has 0 spiro atoms. The SMILES string of the molecule is COc1cc(NC(=O)NC(CO)CCN2CC([S@+]([O-])c3ccc(Cl)cc3)C2)cc(OC)c1. The van der Waals surface area contributed by atoms with Crippen molar-refractivity contribution >= 4 is 34.5 Å². The van der Waals surface area contributed by atoms with Crippen LogP contribution < -0.4 is 20.1 Å². The van der Waals surface area contributed by atoms with Crippen molar-refractivity contribution in [3.05, 3.63) is 47.5 Å². The number of methoxy groups -OCH3 is 2. The number of benzene rings is 2. The molecule has 0 bridgehead atoms. The van der Waals surface area contributed by atoms with Gasteiger partial charge in [-0.2, -0.15) is 0 Å². The number of carbonyl (C=O) groups is 1. The van der Waals surface area contributed by atoms with Gasteiger partial charge >= 0.3 is 6.03 Å². The molecule has 1 unspecified atom stereocenters. The van der Waals surface area contributed by atoms with Gasteiger partial charge in [-0.25, -0.2) is 4.79 Å². The number of nitrogens with zero attached hydrogens (tertiary/aromatic N) is 1. The fraction of sp³-hybridized carbons (Fsp3) is 0.409. The van der Waals surface area contributed by atoms with Crippen LogP contribution >= 0.6 is 11.6 Å². The van der Waals surface area contributed by atoms with Crippen molar-refractivity contribution in [3.63, 3.8) is 0 Å². The molecule has 3 N–H and O–H groups in total. The number of halogens is 1. The molecule has 1 aliphatic rings. The molecular formula is C22H28ClN3O5S. The number of amides is 2. The van der Waals surface area contributed by atoms with E-state index in [0.29, 0.717) is 48.3 Å². The normalized spacial score (nSPS) is 16.0. The van der Waals surface area contributed by atoms with E-state index in [9.17, 15) is 14.5 Å². The van der Waals surface area contributed by atoms with Crippen LogP contribution in [0.4, 0.5) is 10.5 Å². The van der Waals surface area contributed by atoms with E-state index in [2.05, 4.69) is 15.5 Å². The summed E-state index contributed by atoms with van der Waals surface area (Å²) in [7, 11) is 3.07. The summed E-state index contributed by atoms with van der Waals surface area (Å²) in [4.78, 5) is 15.3. The first-order chi connectivity index (χ1) is 15.4. The van der Waals surface area contributed by atoms with E-state index >= 15 is 0 Å². The fourth-order valence-corrected chi connectivity index (χ4v) is 4.99. The zero-order valence-electron chi connectivity index (χ0n) is 18.0. The molecule has 8 nitrogen and oxygen atoms in total. The van der Waals surface area contributed by atoms with Gasteiger partial charge in [0.2, 0.25) is 0 Å². The Balaban J connectivity index is 1.42. The number of aliphatic hydroxyl groups is 1. The van der Waals surface area contributed by atoms with Gasteiger partial charge < -0.3 is 29.8 Å². The molecule has 1 heterocycles. The van der Waals surface area contributed by atoms with E-state index in [4.69, 9.17) is 21.1 Å². The molecule has 0 radical (unpaired) electrons. The van der Waals surface area contributed by atoms with E-state index in [1.54, 1.807) is 42.5 Å². The third kappa shape index (κ3) is 6.66. The van der Waals surface area contributed by atoms with Crippen LogP contribution in [-0.2, 0) is 11.2 Å². The summed E-state index contributed by atoms with van der Waals surface area (Å²) >= 11 is 4.81. The van der Waals surface area contributed by atoms with E-state index in [-0.39, 0.29) is 11.9 Å². The quantitative estimate of drug-likeness (QED) is 0.450. The fourth-order valence-electron chi connectivity index (χ4n) is 3.38. The molecule has 2 aromatic carbocycles. The van der Waals surface area contributed by atoms with Gasteiger partial charge in [-0.05, 0) is 41.9 Å². The van der Waals surface area contributed by atoms with Crippen molar-refractivity contribution in [2.45, 2.75) is 22.6 Å². The van der Waals surface area contributed by atoms with Crippen molar-refractivity contribution in [1.29, 1.82) is 0 Å². The van der Waals surface area contributed by atoms with Crippen LogP contribution in [-0.4, -0.2) is 72.3 Å². The van der Waals surface area contributed by atoms with Crippen LogP contribution in [0.5, 0.6) is 11.5 Å². The van der Waals surface area contributed by atoms with E-state index in [1.807, 2.05) is 0 Å². The predicted octanol–water partition coefficient (Wildman–Crippen LogP) is 2.72. The van der Waals surface area contributed by atoms with E-state index in [1.165, 1.54) is 14.2 Å². The lowest BCUT2D eigenvalue weighted by molar-refractivity contribution is 0.160. The molecule has 2 aromatic rings. The number of rotatable bonds is 10. The second-order valence-corrected chi connectivity index (χ2v) is 9.67. The monoisotopic (exact) mass is 481 g/mol. The van der Waals surface area contributed by atoms with Crippen LogP contribution in [0.2, 0.25) is 5.02 Å². The Morgan fingerprint density at radius 1 is 1.22 bits per heavy atom. The van der Waals surface area contributed by atoms with Crippen LogP contribution in [0.15, 0.2) is 47.4 Å². The summed E-state index contributed by atoms with van der Waals surface area (Å²) < 4.78 is 23.0. The minimum absolute atomic E-state index is 0.0723. The van der Waals surface area contributed by atoms with Gasteiger partial charge in [0.25, 0.3) is 0 Å². The van der Waals surface area contributed by atoms with Gasteiger partial charge in [0.1, 0.15) is 16.7 Å². The highest BCUT2D eigenvalue weighted by molar-refractivity contribution is 7.92. The first-order valence-electron chi connectivity index (χ1n) is 10.2. The first kappa shape index (κ1) is 24.5. The average molecular weight is 482 g/mol. The summed E-state index contributed by atoms with van der Waals surface area (Å²) in [6, 6.07) is 11.3. The Bertz CT molecular complexity index is 873. The van der Waals surface area contributed by atoms with Gasteiger partial charge in [-0.3, -0.25) is 4.90 Å². The van der Waals surface area contributed by atoms with Crippen molar-refractivity contribution < 1.29 is 23.9 Å². The highest BCUT2D eigenvalue weighted by atomic mass is 35.5. The number of aliphatic hydroxyl groups excluding tert-OH is 1. The van der Waals surface area contributed by atoms with Gasteiger partial charge in [0, 0.05) is 48.5 Å². The Hall–Kier alpha value is -2.17. The molecule has 0 saturated carbocycles. The minimum atomic E-state index is -1.07. The Labute approximate surface area is 196 Å². The smallest absolute Gasteiger partial charge is 0.319 e. The van der Waals surface area contributed by atoms with Gasteiger partial charge in [0.05, 0.1) is 26.9 Å². The molecule has 0 aromatic heterocycles. The largest absolute Gasteiger partial charge is 0.611 e. The molecular weight excluding hydrogens is 454 g/mol. The number of carbonyl (C=O) groups excluding carboxylic acids is 1. The summed E-state index contributed by atoms with van der Waals surface area (Å²) in [6.45, 7) is 1.93. The number of urea groups is 1. The Morgan fingerprint density at radius 3 is 2.41 bits per heavy atom. The van der Waals surface area contributed by atoms with Gasteiger partial charge in [-0.15, -0.1) is 0 Å². The van der Waals surface area contributed by atoms with Gasteiger partial charge in [-0.1, -0.05) is 11.6 Å². The predicted molar refractivity (Wildman–Crippen MR) is 125 cm³/mol. The lowest BCUT2D eigenvalue weighted by Crippen LogP contribution is -2.55. The molecule has 1 saturated heterocycles. The maximum absolute atomic E-state index is 12.6. The lowest BCUT2D eigenvalue weighted by atomic mass is 10.1. The van der Waals surface area contributed by atoms with Crippen molar-refractivity contribution in [3.8, 4) is 11.5 Å². The zero-order chi connectivity index (χ0) is 23.1. The summed E-state index contributed by atoms with van der Waals surface area (Å²) in [5.74, 6) is 1.11. The third-order valence-electron chi connectivity index (χ3n) is 5.23. The second-order valence-electron chi connectivity index (χ2n) is 7.50. The zero-order valence-corrected chi connectivity index (χ0v) is 19.6. The molecule has 32 heavy (non-hydrogen) atoms. The number of nitrogens with one attached hydrogen (secondary N) is 2. The second kappa shape index (κ2) is 11.6. The Kier molecular flexibility index (Phi) is 8.89. The standard InChI is InChI=1S/C22H28ClN3O5S/c1-30-18-9-17(10-19(11-18)31-2)25-22(28)24-16(14-27)7-8-26-12-21(13-26)32(29)20-5-3-15(23)4-6-20/h3-6,9-11,16,21,27H,7-8,12-14H2,1-2H3,(H2,24,25,28)/t16?,32-/m1/s1. The summed E-state index contributed by atoms with van der Waals surface area (Å²) in [5.41, 5.74) is 0.519. The van der Waals surface area contributed by atoms with Crippen LogP contribution in [0.25, 0.3) is 0 Å². The summed E-state index contributed by atoms with van der Waals surface area (Å²) in [5, 5.41) is 15.9. The van der Waals surface area contributed by atoms with Crippen LogP contribution in [0.1, 0.15) is 6.42 Å². The third-order valence-corrected chi connectivity index (χ3v) is 7.12. The number of ether oxygens (including phenoxy) is 2. The van der Waals surface area contributed by atoms with Crippen LogP contribution in [0.3, 0.4) is 0 Å². The Morgan fingerprint density at radius 2 is 1.84 bits per heavy atom.